The molecular weight excluding hydrogens is 426 g/mol. The summed E-state index contributed by atoms with van der Waals surface area (Å²) in [4.78, 5) is 30.2. The van der Waals surface area contributed by atoms with Gasteiger partial charge in [0, 0.05) is 23.9 Å². The number of rotatable bonds is 4. The summed E-state index contributed by atoms with van der Waals surface area (Å²) in [6, 6.07) is 7.47. The van der Waals surface area contributed by atoms with E-state index < -0.39 is 21.5 Å². The van der Waals surface area contributed by atoms with Crippen molar-refractivity contribution in [3.05, 3.63) is 29.8 Å². The second-order valence-electron chi connectivity index (χ2n) is 8.48. The van der Waals surface area contributed by atoms with Crippen molar-refractivity contribution in [1.29, 1.82) is 0 Å². The summed E-state index contributed by atoms with van der Waals surface area (Å²) in [6.07, 6.45) is -0.558. The number of thioether (sulfide) groups is 1. The number of carbonyl (C=O) groups excluding carboxylic acids is 2. The molecule has 3 rings (SSSR count). The number of ether oxygens (including phenoxy) is 1. The molecule has 2 saturated heterocycles. The van der Waals surface area contributed by atoms with Crippen LogP contribution in [0.15, 0.2) is 29.3 Å². The molecule has 2 heterocycles. The Bertz CT molecular complexity index is 969. The molecule has 0 unspecified atom stereocenters. The highest BCUT2D eigenvalue weighted by Crippen LogP contribution is 2.41. The van der Waals surface area contributed by atoms with Gasteiger partial charge in [-0.1, -0.05) is 23.9 Å². The van der Waals surface area contributed by atoms with Crippen molar-refractivity contribution in [3.8, 4) is 0 Å². The Balaban J connectivity index is 1.71. The van der Waals surface area contributed by atoms with E-state index in [4.69, 9.17) is 4.74 Å². The van der Waals surface area contributed by atoms with Crippen molar-refractivity contribution >= 4 is 44.5 Å². The molecular formula is C20H27N3O5S2. The van der Waals surface area contributed by atoms with Gasteiger partial charge in [0.15, 0.2) is 15.0 Å². The van der Waals surface area contributed by atoms with Crippen molar-refractivity contribution in [2.75, 3.05) is 23.0 Å². The van der Waals surface area contributed by atoms with Gasteiger partial charge in [0.25, 0.3) is 0 Å². The summed E-state index contributed by atoms with van der Waals surface area (Å²) in [7, 11) is -3.11. The maximum Gasteiger partial charge on any atom is 0.407 e. The highest BCUT2D eigenvalue weighted by molar-refractivity contribution is 8.16. The van der Waals surface area contributed by atoms with Gasteiger partial charge in [-0.2, -0.15) is 4.99 Å². The number of amidine groups is 1. The number of carbonyl (C=O) groups is 2. The van der Waals surface area contributed by atoms with E-state index in [2.05, 4.69) is 10.3 Å². The minimum atomic E-state index is -3.11. The molecule has 0 aliphatic carbocycles. The van der Waals surface area contributed by atoms with Crippen LogP contribution in [0.3, 0.4) is 0 Å². The number of aliphatic imine (C=N–C) groups is 1. The van der Waals surface area contributed by atoms with E-state index >= 15 is 0 Å². The molecule has 1 aromatic rings. The SMILES string of the molecule is Cc1cccc(N2C(=NC(=O)CCNC(=O)OC(C)(C)C)S[C@H]3CS(=O)(=O)C[C@@H]32)c1. The number of anilines is 1. The summed E-state index contributed by atoms with van der Waals surface area (Å²) in [5.74, 6) is -0.251. The van der Waals surface area contributed by atoms with Gasteiger partial charge in [0.05, 0.1) is 17.5 Å². The van der Waals surface area contributed by atoms with Crippen molar-refractivity contribution in [3.63, 3.8) is 0 Å². The first kappa shape index (κ1) is 22.6. The third-order valence-corrected chi connectivity index (χ3v) is 7.78. The fraction of sp³-hybridized carbons (Fsp3) is 0.550. The van der Waals surface area contributed by atoms with Gasteiger partial charge < -0.3 is 15.0 Å². The van der Waals surface area contributed by atoms with E-state index in [1.54, 1.807) is 20.8 Å². The fourth-order valence-corrected chi connectivity index (χ4v) is 7.32. The van der Waals surface area contributed by atoms with E-state index in [1.165, 1.54) is 11.8 Å². The Morgan fingerprint density at radius 2 is 2.03 bits per heavy atom. The molecule has 164 valence electrons. The van der Waals surface area contributed by atoms with Crippen molar-refractivity contribution in [2.24, 2.45) is 4.99 Å². The van der Waals surface area contributed by atoms with Gasteiger partial charge in [0.1, 0.15) is 5.60 Å². The smallest absolute Gasteiger partial charge is 0.407 e. The van der Waals surface area contributed by atoms with Crippen molar-refractivity contribution in [1.82, 2.24) is 5.32 Å². The molecule has 0 saturated carbocycles. The number of nitrogens with one attached hydrogen (secondary N) is 1. The zero-order valence-corrected chi connectivity index (χ0v) is 19.2. The van der Waals surface area contributed by atoms with Crippen LogP contribution in [0, 0.1) is 6.92 Å². The first-order valence-corrected chi connectivity index (χ1v) is 12.4. The maximum absolute atomic E-state index is 12.4. The average Bonchev–Trinajstić information content (AvgIpc) is 3.03. The minimum absolute atomic E-state index is 0.0264. The molecule has 2 aliphatic rings. The number of hydrogen-bond acceptors (Lipinski definition) is 6. The van der Waals surface area contributed by atoms with Gasteiger partial charge in [0.2, 0.25) is 5.91 Å². The van der Waals surface area contributed by atoms with E-state index in [0.717, 1.165) is 11.3 Å². The van der Waals surface area contributed by atoms with Crippen LogP contribution in [0.2, 0.25) is 0 Å². The predicted octanol–water partition coefficient (Wildman–Crippen LogP) is 2.51. The van der Waals surface area contributed by atoms with Crippen LogP contribution in [-0.2, 0) is 19.4 Å². The Hall–Kier alpha value is -2.07. The van der Waals surface area contributed by atoms with Crippen LogP contribution in [0.4, 0.5) is 10.5 Å². The first-order chi connectivity index (χ1) is 13.9. The highest BCUT2D eigenvalue weighted by atomic mass is 32.2. The summed E-state index contributed by atoms with van der Waals surface area (Å²) >= 11 is 1.33. The molecule has 1 N–H and O–H groups in total. The second-order valence-corrected chi connectivity index (χ2v) is 11.8. The van der Waals surface area contributed by atoms with E-state index in [1.807, 2.05) is 36.1 Å². The van der Waals surface area contributed by atoms with Crippen LogP contribution in [-0.4, -0.2) is 60.5 Å². The average molecular weight is 454 g/mol. The Morgan fingerprint density at radius 1 is 1.30 bits per heavy atom. The van der Waals surface area contributed by atoms with E-state index in [0.29, 0.717) is 5.17 Å². The van der Waals surface area contributed by atoms with Crippen LogP contribution in [0.1, 0.15) is 32.8 Å². The van der Waals surface area contributed by atoms with Crippen molar-refractivity contribution < 1.29 is 22.7 Å². The number of amides is 2. The van der Waals surface area contributed by atoms with Gasteiger partial charge in [-0.15, -0.1) is 0 Å². The molecule has 0 spiro atoms. The van der Waals surface area contributed by atoms with Gasteiger partial charge >= 0.3 is 6.09 Å². The normalized spacial score (nSPS) is 24.0. The summed E-state index contributed by atoms with van der Waals surface area (Å²) < 4.78 is 29.4. The number of nitrogens with zero attached hydrogens (tertiary/aromatic N) is 2. The number of benzene rings is 1. The number of hydrogen-bond donors (Lipinski definition) is 1. The largest absolute Gasteiger partial charge is 0.444 e. The number of fused-ring (bicyclic) bond motifs is 1. The van der Waals surface area contributed by atoms with Crippen LogP contribution in [0.5, 0.6) is 0 Å². The fourth-order valence-electron chi connectivity index (χ4n) is 3.39. The Kier molecular flexibility index (Phi) is 6.47. The number of sulfone groups is 1. The zero-order chi connectivity index (χ0) is 22.1. The lowest BCUT2D eigenvalue weighted by molar-refractivity contribution is -0.117. The third kappa shape index (κ3) is 5.75. The molecule has 0 radical (unpaired) electrons. The molecule has 10 heteroatoms. The lowest BCUT2D eigenvalue weighted by Crippen LogP contribution is -2.38. The quantitative estimate of drug-likeness (QED) is 0.747. The summed E-state index contributed by atoms with van der Waals surface area (Å²) in [5, 5.41) is 2.90. The third-order valence-electron chi connectivity index (χ3n) is 4.57. The number of alkyl carbamates (subject to hydrolysis) is 1. The molecule has 8 nitrogen and oxygen atoms in total. The molecule has 30 heavy (non-hydrogen) atoms. The molecule has 2 amide bonds. The second kappa shape index (κ2) is 8.58. The summed E-state index contributed by atoms with van der Waals surface area (Å²) in [5.41, 5.74) is 1.25. The molecule has 2 fully saturated rings. The first-order valence-electron chi connectivity index (χ1n) is 9.75. The zero-order valence-electron chi connectivity index (χ0n) is 17.5. The lowest BCUT2D eigenvalue weighted by atomic mass is 10.1. The van der Waals surface area contributed by atoms with Gasteiger partial charge in [-0.25, -0.2) is 13.2 Å². The molecule has 1 aromatic carbocycles. The monoisotopic (exact) mass is 453 g/mol. The summed E-state index contributed by atoms with van der Waals surface area (Å²) in [6.45, 7) is 7.36. The molecule has 2 aliphatic heterocycles. The van der Waals surface area contributed by atoms with E-state index in [9.17, 15) is 18.0 Å². The topological polar surface area (TPSA) is 105 Å². The predicted molar refractivity (Wildman–Crippen MR) is 119 cm³/mol. The van der Waals surface area contributed by atoms with Crippen LogP contribution >= 0.6 is 11.8 Å². The van der Waals surface area contributed by atoms with Gasteiger partial charge in [-0.05, 0) is 45.4 Å². The Labute approximate surface area is 181 Å². The van der Waals surface area contributed by atoms with Crippen LogP contribution < -0.4 is 10.2 Å². The van der Waals surface area contributed by atoms with Crippen molar-refractivity contribution in [2.45, 2.75) is 51.0 Å². The molecule has 0 aromatic heterocycles. The minimum Gasteiger partial charge on any atom is -0.444 e. The molecule has 2 atom stereocenters. The maximum atomic E-state index is 12.4. The molecule has 0 bridgehead atoms. The lowest BCUT2D eigenvalue weighted by Gasteiger charge is -2.24. The van der Waals surface area contributed by atoms with Crippen LogP contribution in [0.25, 0.3) is 0 Å². The Morgan fingerprint density at radius 3 is 2.70 bits per heavy atom. The number of aryl methyl sites for hydroxylation is 1. The van der Waals surface area contributed by atoms with E-state index in [-0.39, 0.29) is 41.7 Å². The standard InChI is InChI=1S/C20H27N3O5S2/c1-13-6-5-7-14(10-13)23-15-11-30(26,27)12-16(15)29-18(23)22-17(24)8-9-21-19(25)28-20(2,3)4/h5-7,10,15-16H,8-9,11-12H2,1-4H3,(H,21,25)/t15-,16-/m0/s1. The highest BCUT2D eigenvalue weighted by Gasteiger charge is 2.49. The van der Waals surface area contributed by atoms with Gasteiger partial charge in [-0.3, -0.25) is 4.79 Å².